The smallest absolute Gasteiger partial charge is 0.251 e. The molecule has 0 unspecified atom stereocenters. The number of nitrogens with zero attached hydrogens (tertiary/aromatic N) is 7. The van der Waals surface area contributed by atoms with Crippen LogP contribution in [0.3, 0.4) is 0 Å². The molecule has 3 aromatic carbocycles. The Labute approximate surface area is 220 Å². The average Bonchev–Trinajstić information content (AvgIpc) is 3.45. The maximum atomic E-state index is 13.6. The number of carbonyl (C=O) groups excluding carboxylic acids is 1. The number of piperazine rings is 1. The maximum Gasteiger partial charge on any atom is 0.251 e. The van der Waals surface area contributed by atoms with Gasteiger partial charge in [0, 0.05) is 36.9 Å². The van der Waals surface area contributed by atoms with E-state index in [1.807, 2.05) is 82.6 Å². The number of allylic oxidation sites excluding steroid dienone is 1. The van der Waals surface area contributed by atoms with Gasteiger partial charge in [-0.05, 0) is 51.9 Å². The van der Waals surface area contributed by atoms with Crippen LogP contribution in [0, 0.1) is 0 Å². The van der Waals surface area contributed by atoms with Crippen molar-refractivity contribution in [1.29, 1.82) is 0 Å². The monoisotopic (exact) mass is 511 g/mol. The number of hydrogen-bond donors (Lipinski definition) is 0. The van der Waals surface area contributed by atoms with Crippen LogP contribution >= 0.6 is 11.6 Å². The minimum absolute atomic E-state index is 0.0500. The number of carbonyl (C=O) groups is 1. The Morgan fingerprint density at radius 3 is 2.24 bits per heavy atom. The van der Waals surface area contributed by atoms with Crippen LogP contribution < -0.4 is 9.80 Å². The number of tetrazole rings is 1. The first-order chi connectivity index (χ1) is 18.2. The lowest BCUT2D eigenvalue weighted by atomic mass is 10.0. The third kappa shape index (κ3) is 4.68. The van der Waals surface area contributed by atoms with Crippen molar-refractivity contribution < 1.29 is 4.79 Å². The number of amides is 1. The van der Waals surface area contributed by atoms with Crippen molar-refractivity contribution in [2.45, 2.75) is 6.04 Å². The van der Waals surface area contributed by atoms with Gasteiger partial charge in [-0.2, -0.15) is 4.68 Å². The summed E-state index contributed by atoms with van der Waals surface area (Å²) in [4.78, 5) is 19.7. The second-order valence-electron chi connectivity index (χ2n) is 9.13. The highest BCUT2D eigenvalue weighted by Crippen LogP contribution is 2.36. The van der Waals surface area contributed by atoms with Gasteiger partial charge in [0.15, 0.2) is 0 Å². The second kappa shape index (κ2) is 10.1. The molecule has 1 amide bonds. The Bertz CT molecular complexity index is 1400. The van der Waals surface area contributed by atoms with Crippen LogP contribution in [0.25, 0.3) is 5.70 Å². The molecule has 2 aliphatic rings. The zero-order valence-corrected chi connectivity index (χ0v) is 20.9. The molecule has 2 aliphatic heterocycles. The molecule has 0 spiro atoms. The summed E-state index contributed by atoms with van der Waals surface area (Å²) in [7, 11) is 0. The molecule has 0 N–H and O–H groups in total. The number of hydrogen-bond acceptors (Lipinski definition) is 6. The zero-order valence-electron chi connectivity index (χ0n) is 20.2. The summed E-state index contributed by atoms with van der Waals surface area (Å²) in [5.74, 6) is 0.589. The van der Waals surface area contributed by atoms with Crippen LogP contribution in [0.5, 0.6) is 0 Å². The van der Waals surface area contributed by atoms with Gasteiger partial charge in [0.1, 0.15) is 12.6 Å². The van der Waals surface area contributed by atoms with Gasteiger partial charge in [0.2, 0.25) is 5.91 Å². The number of fused-ring (bicyclic) bond motifs is 1. The Morgan fingerprint density at radius 2 is 1.54 bits per heavy atom. The maximum absolute atomic E-state index is 13.6. The van der Waals surface area contributed by atoms with Crippen molar-refractivity contribution >= 4 is 34.8 Å². The topological polar surface area (TPSA) is 70.4 Å². The summed E-state index contributed by atoms with van der Waals surface area (Å²) >= 11 is 6.14. The van der Waals surface area contributed by atoms with Gasteiger partial charge in [-0.3, -0.25) is 9.69 Å². The number of benzene rings is 3. The number of aromatic nitrogens is 4. The van der Waals surface area contributed by atoms with Gasteiger partial charge >= 0.3 is 0 Å². The van der Waals surface area contributed by atoms with Crippen LogP contribution in [-0.2, 0) is 4.79 Å². The molecular weight excluding hydrogens is 486 g/mol. The van der Waals surface area contributed by atoms with E-state index < -0.39 is 0 Å². The lowest BCUT2D eigenvalue weighted by molar-refractivity contribution is -0.129. The van der Waals surface area contributed by atoms with E-state index in [-0.39, 0.29) is 18.5 Å². The molecule has 37 heavy (non-hydrogen) atoms. The quantitative estimate of drug-likeness (QED) is 0.401. The van der Waals surface area contributed by atoms with Gasteiger partial charge < -0.3 is 9.80 Å². The lowest BCUT2D eigenvalue weighted by Crippen LogP contribution is -2.51. The highest BCUT2D eigenvalue weighted by atomic mass is 35.5. The van der Waals surface area contributed by atoms with Crippen LogP contribution in [-0.4, -0.2) is 63.7 Å². The summed E-state index contributed by atoms with van der Waals surface area (Å²) in [5, 5.41) is 13.3. The van der Waals surface area contributed by atoms with Gasteiger partial charge in [-0.15, -0.1) is 0 Å². The molecule has 6 rings (SSSR count). The van der Waals surface area contributed by atoms with E-state index in [1.54, 1.807) is 4.68 Å². The number of rotatable bonds is 5. The van der Waals surface area contributed by atoms with Crippen LogP contribution in [0.2, 0.25) is 5.02 Å². The summed E-state index contributed by atoms with van der Waals surface area (Å²) in [6.07, 6.45) is 2.11. The number of anilines is 2. The molecule has 0 aliphatic carbocycles. The van der Waals surface area contributed by atoms with Gasteiger partial charge in [-0.1, -0.05) is 77.4 Å². The summed E-state index contributed by atoms with van der Waals surface area (Å²) in [6, 6.07) is 27.8. The number of para-hydroxylation sites is 1. The molecule has 0 radical (unpaired) electrons. The second-order valence-corrected chi connectivity index (χ2v) is 9.56. The molecule has 1 aromatic heterocycles. The standard InChI is InChI=1S/C28H26ClN7O/c29-23-13-11-22(12-14-23)26-19-25(21-7-3-1-4-8-21)35(28-30-31-32-36(26)28)20-27(37)34-17-15-33(16-18-34)24-9-5-2-6-10-24/h1-14,19,26H,15-18,20H2/t26-/m1/s1. The van der Waals surface area contributed by atoms with Crippen molar-refractivity contribution in [2.75, 3.05) is 42.5 Å². The first kappa shape index (κ1) is 23.2. The third-order valence-electron chi connectivity index (χ3n) is 6.92. The summed E-state index contributed by atoms with van der Waals surface area (Å²) in [5.41, 5.74) is 4.10. The molecule has 186 valence electrons. The molecule has 9 heteroatoms. The van der Waals surface area contributed by atoms with Crippen LogP contribution in [0.4, 0.5) is 11.6 Å². The summed E-state index contributed by atoms with van der Waals surface area (Å²) < 4.78 is 1.76. The fourth-order valence-electron chi connectivity index (χ4n) is 4.97. The van der Waals surface area contributed by atoms with Crippen LogP contribution in [0.15, 0.2) is 91.0 Å². The highest BCUT2D eigenvalue weighted by Gasteiger charge is 2.33. The highest BCUT2D eigenvalue weighted by molar-refractivity contribution is 6.30. The first-order valence-electron chi connectivity index (χ1n) is 12.3. The molecule has 1 fully saturated rings. The van der Waals surface area contributed by atoms with E-state index in [0.29, 0.717) is 24.1 Å². The largest absolute Gasteiger partial charge is 0.368 e. The van der Waals surface area contributed by atoms with Crippen molar-refractivity contribution in [3.63, 3.8) is 0 Å². The normalized spacial score (nSPS) is 17.4. The van der Waals surface area contributed by atoms with Crippen molar-refractivity contribution in [3.8, 4) is 0 Å². The minimum atomic E-state index is -0.224. The van der Waals surface area contributed by atoms with Gasteiger partial charge in [0.05, 0.1) is 5.70 Å². The van der Waals surface area contributed by atoms with E-state index in [0.717, 1.165) is 29.9 Å². The third-order valence-corrected chi connectivity index (χ3v) is 7.17. The van der Waals surface area contributed by atoms with Crippen molar-refractivity contribution in [1.82, 2.24) is 25.1 Å². The van der Waals surface area contributed by atoms with E-state index in [4.69, 9.17) is 11.6 Å². The fourth-order valence-corrected chi connectivity index (χ4v) is 5.09. The molecule has 0 saturated carbocycles. The lowest BCUT2D eigenvalue weighted by Gasteiger charge is -2.38. The molecule has 0 bridgehead atoms. The van der Waals surface area contributed by atoms with Crippen molar-refractivity contribution in [2.24, 2.45) is 0 Å². The minimum Gasteiger partial charge on any atom is -0.368 e. The van der Waals surface area contributed by atoms with E-state index >= 15 is 0 Å². The van der Waals surface area contributed by atoms with E-state index in [9.17, 15) is 4.79 Å². The van der Waals surface area contributed by atoms with Crippen LogP contribution in [0.1, 0.15) is 17.2 Å². The van der Waals surface area contributed by atoms with Crippen molar-refractivity contribution in [3.05, 3.63) is 107 Å². The van der Waals surface area contributed by atoms with Gasteiger partial charge in [0.25, 0.3) is 5.95 Å². The predicted octanol–water partition coefficient (Wildman–Crippen LogP) is 4.13. The average molecular weight is 512 g/mol. The molecule has 4 aromatic rings. The van der Waals surface area contributed by atoms with E-state index in [1.165, 1.54) is 5.69 Å². The number of halogens is 1. The predicted molar refractivity (Wildman–Crippen MR) is 144 cm³/mol. The summed E-state index contributed by atoms with van der Waals surface area (Å²) in [6.45, 7) is 3.09. The molecule has 1 saturated heterocycles. The molecule has 3 heterocycles. The Balaban J connectivity index is 1.27. The zero-order chi connectivity index (χ0) is 25.2. The molecular formula is C28H26ClN7O. The molecule has 1 atom stereocenters. The van der Waals surface area contributed by atoms with Gasteiger partial charge in [-0.25, -0.2) is 0 Å². The SMILES string of the molecule is O=C(CN1C(c2ccccc2)=C[C@H](c2ccc(Cl)cc2)n2nnnc21)N1CCN(c2ccccc2)CC1. The Morgan fingerprint density at radius 1 is 0.865 bits per heavy atom. The Hall–Kier alpha value is -4.17. The van der Waals surface area contributed by atoms with E-state index in [2.05, 4.69) is 38.6 Å². The fraction of sp³-hybridized carbons (Fsp3) is 0.214. The molecule has 8 nitrogen and oxygen atoms in total. The first-order valence-corrected chi connectivity index (χ1v) is 12.7. The Kier molecular flexibility index (Phi) is 6.32.